The Kier molecular flexibility index (Phi) is 10.8. The van der Waals surface area contributed by atoms with Crippen molar-refractivity contribution in [3.8, 4) is 12.3 Å². The van der Waals surface area contributed by atoms with Crippen LogP contribution < -0.4 is 16.4 Å². The summed E-state index contributed by atoms with van der Waals surface area (Å²) in [4.78, 5) is 52.6. The number of carbonyl (C=O) groups excluding carboxylic acids is 4. The number of ether oxygens (including phenoxy) is 1. The zero-order valence-electron chi connectivity index (χ0n) is 21.7. The fourth-order valence-electron chi connectivity index (χ4n) is 3.50. The maximum atomic E-state index is 13.9. The number of terminal acetylenes is 1. The second-order valence-electron chi connectivity index (χ2n) is 9.84. The lowest BCUT2D eigenvalue weighted by Gasteiger charge is -2.37. The molecule has 0 aromatic heterocycles. The molecule has 1 aromatic rings. The number of nitrogens with zero attached hydrogens (tertiary/aromatic N) is 1. The van der Waals surface area contributed by atoms with E-state index in [-0.39, 0.29) is 18.9 Å². The Morgan fingerprint density at radius 3 is 2.17 bits per heavy atom. The van der Waals surface area contributed by atoms with Gasteiger partial charge in [-0.05, 0) is 66.5 Å². The zero-order chi connectivity index (χ0) is 26.9. The van der Waals surface area contributed by atoms with Crippen LogP contribution in [0.15, 0.2) is 24.3 Å². The lowest BCUT2D eigenvalue weighted by molar-refractivity contribution is -0.145. The number of carbonyl (C=O) groups is 4. The van der Waals surface area contributed by atoms with Gasteiger partial charge >= 0.3 is 6.09 Å². The topological polar surface area (TPSA) is 131 Å². The first kappa shape index (κ1) is 29.5. The number of benzene rings is 1. The summed E-state index contributed by atoms with van der Waals surface area (Å²) >= 11 is 0. The SMILES string of the molecule is C#Cc1ccccc1C(C(=O)NC(C)C)N(C(=O)C(CCC(N)=O)NC(=O)OC(C)(C)C)C(C)C. The molecule has 192 valence electrons. The minimum atomic E-state index is -1.16. The molecule has 35 heavy (non-hydrogen) atoms. The molecular formula is C26H38N4O5. The Morgan fingerprint density at radius 2 is 1.69 bits per heavy atom. The van der Waals surface area contributed by atoms with E-state index in [4.69, 9.17) is 16.9 Å². The summed E-state index contributed by atoms with van der Waals surface area (Å²) in [6.07, 6.45) is 4.66. The van der Waals surface area contributed by atoms with Gasteiger partial charge in [0.25, 0.3) is 0 Å². The number of hydrogen-bond acceptors (Lipinski definition) is 5. The van der Waals surface area contributed by atoms with Crippen molar-refractivity contribution in [3.05, 3.63) is 35.4 Å². The first-order chi connectivity index (χ1) is 16.2. The van der Waals surface area contributed by atoms with Crippen molar-refractivity contribution in [2.75, 3.05) is 0 Å². The fraction of sp³-hybridized carbons (Fsp3) is 0.538. The van der Waals surface area contributed by atoms with Gasteiger partial charge in [0.2, 0.25) is 17.7 Å². The Balaban J connectivity index is 3.55. The Hall–Kier alpha value is -3.54. The largest absolute Gasteiger partial charge is 0.444 e. The predicted octanol–water partition coefficient (Wildman–Crippen LogP) is 2.63. The molecule has 9 heteroatoms. The van der Waals surface area contributed by atoms with Crippen LogP contribution in [-0.2, 0) is 19.1 Å². The monoisotopic (exact) mass is 486 g/mol. The summed E-state index contributed by atoms with van der Waals surface area (Å²) in [5, 5.41) is 5.40. The van der Waals surface area contributed by atoms with Crippen LogP contribution >= 0.6 is 0 Å². The van der Waals surface area contributed by atoms with Gasteiger partial charge in [0, 0.05) is 24.1 Å². The van der Waals surface area contributed by atoms with Crippen LogP contribution in [0.1, 0.15) is 78.5 Å². The molecule has 4 amide bonds. The molecule has 2 atom stereocenters. The number of hydrogen-bond donors (Lipinski definition) is 3. The summed E-state index contributed by atoms with van der Waals surface area (Å²) in [5.41, 5.74) is 5.44. The molecule has 4 N–H and O–H groups in total. The molecule has 2 unspecified atom stereocenters. The molecule has 0 aliphatic carbocycles. The van der Waals surface area contributed by atoms with Crippen molar-refractivity contribution < 1.29 is 23.9 Å². The number of primary amides is 1. The van der Waals surface area contributed by atoms with Crippen LogP contribution in [0.2, 0.25) is 0 Å². The molecule has 0 fully saturated rings. The van der Waals surface area contributed by atoms with Gasteiger partial charge in [0.05, 0.1) is 0 Å². The van der Waals surface area contributed by atoms with Gasteiger partial charge in [-0.15, -0.1) is 6.42 Å². The van der Waals surface area contributed by atoms with Crippen molar-refractivity contribution in [3.63, 3.8) is 0 Å². The van der Waals surface area contributed by atoms with E-state index in [1.165, 1.54) is 4.90 Å². The van der Waals surface area contributed by atoms with Gasteiger partial charge in [-0.2, -0.15) is 0 Å². The second kappa shape index (κ2) is 12.8. The quantitative estimate of drug-likeness (QED) is 0.438. The standard InChI is InChI=1S/C26H38N4O5/c1-9-18-12-10-11-13-19(18)22(23(32)28-16(2)3)30(17(4)5)24(33)20(14-15-21(27)31)29-25(34)35-26(6,7)8/h1,10-13,16-17,20,22H,14-15H2,2-8H3,(H2,27,31)(H,28,32)(H,29,34). The van der Waals surface area contributed by atoms with Crippen LogP contribution in [0.25, 0.3) is 0 Å². The molecule has 0 aliphatic heterocycles. The predicted molar refractivity (Wildman–Crippen MR) is 134 cm³/mol. The zero-order valence-corrected chi connectivity index (χ0v) is 21.7. The Morgan fingerprint density at radius 1 is 1.09 bits per heavy atom. The number of rotatable bonds is 10. The summed E-state index contributed by atoms with van der Waals surface area (Å²) in [5.74, 6) is 0.960. The Labute approximate surface area is 208 Å². The van der Waals surface area contributed by atoms with Crippen molar-refractivity contribution in [1.29, 1.82) is 0 Å². The third kappa shape index (κ3) is 9.32. The molecule has 0 radical (unpaired) electrons. The summed E-state index contributed by atoms with van der Waals surface area (Å²) in [6.45, 7) is 12.2. The highest BCUT2D eigenvalue weighted by molar-refractivity contribution is 5.93. The lowest BCUT2D eigenvalue weighted by atomic mass is 9.95. The van der Waals surface area contributed by atoms with Crippen molar-refractivity contribution in [2.24, 2.45) is 5.73 Å². The fourth-order valence-corrected chi connectivity index (χ4v) is 3.50. The molecule has 1 aromatic carbocycles. The van der Waals surface area contributed by atoms with Crippen molar-refractivity contribution in [2.45, 2.75) is 91.1 Å². The minimum Gasteiger partial charge on any atom is -0.444 e. The molecule has 0 saturated carbocycles. The first-order valence-electron chi connectivity index (χ1n) is 11.6. The van der Waals surface area contributed by atoms with Gasteiger partial charge < -0.3 is 26.0 Å². The summed E-state index contributed by atoms with van der Waals surface area (Å²) < 4.78 is 5.30. The molecule has 9 nitrogen and oxygen atoms in total. The smallest absolute Gasteiger partial charge is 0.408 e. The average Bonchev–Trinajstić information content (AvgIpc) is 2.72. The molecular weight excluding hydrogens is 448 g/mol. The van der Waals surface area contributed by atoms with Gasteiger partial charge in [-0.1, -0.05) is 24.1 Å². The maximum absolute atomic E-state index is 13.9. The van der Waals surface area contributed by atoms with Crippen LogP contribution in [0.4, 0.5) is 4.79 Å². The van der Waals surface area contributed by atoms with E-state index in [1.54, 1.807) is 58.9 Å². The molecule has 1 rings (SSSR count). The number of nitrogens with two attached hydrogens (primary N) is 1. The minimum absolute atomic E-state index is 0.0636. The molecule has 0 heterocycles. The van der Waals surface area contributed by atoms with E-state index in [2.05, 4.69) is 16.6 Å². The van der Waals surface area contributed by atoms with Crippen molar-refractivity contribution >= 4 is 23.8 Å². The highest BCUT2D eigenvalue weighted by Crippen LogP contribution is 2.28. The van der Waals surface area contributed by atoms with E-state index in [9.17, 15) is 19.2 Å². The van der Waals surface area contributed by atoms with Gasteiger partial charge in [-0.25, -0.2) is 4.79 Å². The molecule has 0 bridgehead atoms. The highest BCUT2D eigenvalue weighted by Gasteiger charge is 2.38. The third-order valence-corrected chi connectivity index (χ3v) is 4.85. The number of alkyl carbamates (subject to hydrolysis) is 1. The van der Waals surface area contributed by atoms with E-state index >= 15 is 0 Å². The van der Waals surface area contributed by atoms with Gasteiger partial charge in [0.1, 0.15) is 17.7 Å². The van der Waals surface area contributed by atoms with E-state index < -0.39 is 47.5 Å². The van der Waals surface area contributed by atoms with Gasteiger partial charge in [0.15, 0.2) is 0 Å². The Bertz CT molecular complexity index is 959. The van der Waals surface area contributed by atoms with Crippen LogP contribution in [0.5, 0.6) is 0 Å². The van der Waals surface area contributed by atoms with E-state index in [0.29, 0.717) is 11.1 Å². The average molecular weight is 487 g/mol. The normalized spacial score (nSPS) is 12.9. The molecule has 0 aliphatic rings. The molecule has 0 spiro atoms. The third-order valence-electron chi connectivity index (χ3n) is 4.85. The summed E-state index contributed by atoms with van der Waals surface area (Å²) in [6, 6.07) is 3.97. The molecule has 0 saturated heterocycles. The van der Waals surface area contributed by atoms with Crippen LogP contribution in [0.3, 0.4) is 0 Å². The number of nitrogens with one attached hydrogen (secondary N) is 2. The van der Waals surface area contributed by atoms with Crippen LogP contribution in [0, 0.1) is 12.3 Å². The van der Waals surface area contributed by atoms with Gasteiger partial charge in [-0.3, -0.25) is 14.4 Å². The summed E-state index contributed by atoms with van der Waals surface area (Å²) in [7, 11) is 0. The van der Waals surface area contributed by atoms with Crippen molar-refractivity contribution in [1.82, 2.24) is 15.5 Å². The second-order valence-corrected chi connectivity index (χ2v) is 9.84. The number of amides is 4. The maximum Gasteiger partial charge on any atom is 0.408 e. The highest BCUT2D eigenvalue weighted by atomic mass is 16.6. The van der Waals surface area contributed by atoms with E-state index in [0.717, 1.165) is 0 Å². The van der Waals surface area contributed by atoms with E-state index in [1.807, 2.05) is 13.8 Å². The first-order valence-corrected chi connectivity index (χ1v) is 11.6. The van der Waals surface area contributed by atoms with Crippen LogP contribution in [-0.4, -0.2) is 52.4 Å². The lowest BCUT2D eigenvalue weighted by Crippen LogP contribution is -2.55.